The Labute approximate surface area is 110 Å². The first-order valence-corrected chi connectivity index (χ1v) is 5.95. The van der Waals surface area contributed by atoms with Crippen LogP contribution >= 0.6 is 0 Å². The molecule has 3 aromatic rings. The van der Waals surface area contributed by atoms with Crippen LogP contribution < -0.4 is 10.5 Å². The van der Waals surface area contributed by atoms with E-state index in [1.54, 1.807) is 7.11 Å². The van der Waals surface area contributed by atoms with E-state index in [1.807, 2.05) is 37.3 Å². The second-order valence-corrected chi connectivity index (χ2v) is 4.35. The van der Waals surface area contributed by atoms with Crippen molar-refractivity contribution in [3.63, 3.8) is 0 Å². The smallest absolute Gasteiger partial charge is 0.183 e. The number of aromatic nitrogens is 3. The lowest BCUT2D eigenvalue weighted by molar-refractivity contribution is 0.416. The van der Waals surface area contributed by atoms with Gasteiger partial charge < -0.3 is 10.5 Å². The highest BCUT2D eigenvalue weighted by atomic mass is 16.5. The normalized spacial score (nSPS) is 10.8. The molecule has 2 heterocycles. The zero-order valence-electron chi connectivity index (χ0n) is 10.8. The van der Waals surface area contributed by atoms with Gasteiger partial charge >= 0.3 is 0 Å². The van der Waals surface area contributed by atoms with Gasteiger partial charge in [-0.1, -0.05) is 18.2 Å². The average molecular weight is 254 g/mol. The molecule has 5 heteroatoms. The number of benzene rings is 1. The number of H-pyrrole nitrogens is 1. The lowest BCUT2D eigenvalue weighted by atomic mass is 10.0. The number of nitrogens with two attached hydrogens (primary N) is 1. The maximum atomic E-state index is 5.96. The Hall–Kier alpha value is -2.56. The summed E-state index contributed by atoms with van der Waals surface area (Å²) < 4.78 is 5.41. The third-order valence-corrected chi connectivity index (χ3v) is 3.08. The van der Waals surface area contributed by atoms with E-state index in [4.69, 9.17) is 10.5 Å². The van der Waals surface area contributed by atoms with Crippen LogP contribution in [0.25, 0.3) is 22.2 Å². The van der Waals surface area contributed by atoms with Gasteiger partial charge in [0.15, 0.2) is 5.65 Å². The van der Waals surface area contributed by atoms with E-state index in [0.717, 1.165) is 28.0 Å². The number of ether oxygens (including phenoxy) is 1. The quantitative estimate of drug-likeness (QED) is 0.736. The number of nitrogens with one attached hydrogen (secondary N) is 1. The molecule has 1 aromatic carbocycles. The first-order valence-electron chi connectivity index (χ1n) is 5.95. The van der Waals surface area contributed by atoms with Crippen LogP contribution in [0.5, 0.6) is 5.75 Å². The van der Waals surface area contributed by atoms with Gasteiger partial charge in [-0.25, -0.2) is 4.98 Å². The highest BCUT2D eigenvalue weighted by molar-refractivity contribution is 6.01. The molecule has 0 aliphatic rings. The number of fused-ring (bicyclic) bond motifs is 1. The third kappa shape index (κ3) is 1.79. The summed E-state index contributed by atoms with van der Waals surface area (Å²) >= 11 is 0. The molecule has 0 unspecified atom stereocenters. The Bertz CT molecular complexity index is 748. The van der Waals surface area contributed by atoms with Crippen LogP contribution in [-0.2, 0) is 0 Å². The SMILES string of the molecule is COc1ccccc1-c1cc(C)nc2n[nH]c(N)c12. The molecule has 5 nitrogen and oxygen atoms in total. The molecule has 3 rings (SSSR count). The Morgan fingerprint density at radius 2 is 2.00 bits per heavy atom. The minimum absolute atomic E-state index is 0.517. The molecular weight excluding hydrogens is 240 g/mol. The summed E-state index contributed by atoms with van der Waals surface area (Å²) in [5.41, 5.74) is 9.43. The van der Waals surface area contributed by atoms with Crippen molar-refractivity contribution >= 4 is 16.9 Å². The fourth-order valence-corrected chi connectivity index (χ4v) is 2.25. The van der Waals surface area contributed by atoms with Crippen molar-refractivity contribution in [3.05, 3.63) is 36.0 Å². The Balaban J connectivity index is 2.38. The molecule has 0 aliphatic carbocycles. The zero-order chi connectivity index (χ0) is 13.4. The fourth-order valence-electron chi connectivity index (χ4n) is 2.25. The Morgan fingerprint density at radius 3 is 2.79 bits per heavy atom. The molecule has 3 N–H and O–H groups in total. The van der Waals surface area contributed by atoms with Crippen LogP contribution in [-0.4, -0.2) is 22.3 Å². The van der Waals surface area contributed by atoms with Crippen LogP contribution in [0.4, 0.5) is 5.82 Å². The number of anilines is 1. The summed E-state index contributed by atoms with van der Waals surface area (Å²) in [7, 11) is 1.66. The molecule has 0 aliphatic heterocycles. The van der Waals surface area contributed by atoms with Crippen LogP contribution in [0, 0.1) is 6.92 Å². The van der Waals surface area contributed by atoms with Crippen molar-refractivity contribution in [3.8, 4) is 16.9 Å². The van der Waals surface area contributed by atoms with Gasteiger partial charge in [0.25, 0.3) is 0 Å². The van der Waals surface area contributed by atoms with Crippen molar-refractivity contribution in [1.29, 1.82) is 0 Å². The summed E-state index contributed by atoms with van der Waals surface area (Å²) in [6.07, 6.45) is 0. The molecule has 0 bridgehead atoms. The van der Waals surface area contributed by atoms with Crippen molar-refractivity contribution in [2.75, 3.05) is 12.8 Å². The fraction of sp³-hybridized carbons (Fsp3) is 0.143. The predicted molar refractivity (Wildman–Crippen MR) is 75.0 cm³/mol. The van der Waals surface area contributed by atoms with Gasteiger partial charge in [-0.15, -0.1) is 0 Å². The first kappa shape index (κ1) is 11.5. The third-order valence-electron chi connectivity index (χ3n) is 3.08. The highest BCUT2D eigenvalue weighted by Crippen LogP contribution is 2.36. The van der Waals surface area contributed by atoms with Crippen LogP contribution in [0.15, 0.2) is 30.3 Å². The predicted octanol–water partition coefficient (Wildman–Crippen LogP) is 2.52. The summed E-state index contributed by atoms with van der Waals surface area (Å²) in [6.45, 7) is 1.93. The molecule has 0 amide bonds. The van der Waals surface area contributed by atoms with Gasteiger partial charge in [-0.3, -0.25) is 5.10 Å². The number of aryl methyl sites for hydroxylation is 1. The summed E-state index contributed by atoms with van der Waals surface area (Å²) in [5.74, 6) is 1.32. The van der Waals surface area contributed by atoms with E-state index in [9.17, 15) is 0 Å². The number of pyridine rings is 1. The lowest BCUT2D eigenvalue weighted by Crippen LogP contribution is -1.92. The number of para-hydroxylation sites is 1. The molecular formula is C14H14N4O. The maximum Gasteiger partial charge on any atom is 0.183 e. The van der Waals surface area contributed by atoms with Crippen molar-refractivity contribution < 1.29 is 4.74 Å². The number of hydrogen-bond acceptors (Lipinski definition) is 4. The molecule has 0 saturated carbocycles. The average Bonchev–Trinajstić information content (AvgIpc) is 2.79. The maximum absolute atomic E-state index is 5.96. The van der Waals surface area contributed by atoms with Crippen LogP contribution in [0.2, 0.25) is 0 Å². The largest absolute Gasteiger partial charge is 0.496 e. The Kier molecular flexibility index (Phi) is 2.59. The van der Waals surface area contributed by atoms with Crippen molar-refractivity contribution in [2.24, 2.45) is 0 Å². The topological polar surface area (TPSA) is 76.8 Å². The number of methoxy groups -OCH3 is 1. The van der Waals surface area contributed by atoms with E-state index in [-0.39, 0.29) is 0 Å². The van der Waals surface area contributed by atoms with Gasteiger partial charge in [-0.2, -0.15) is 5.10 Å². The molecule has 96 valence electrons. The molecule has 0 fully saturated rings. The van der Waals surface area contributed by atoms with Gasteiger partial charge in [0.1, 0.15) is 11.6 Å². The molecule has 0 saturated heterocycles. The van der Waals surface area contributed by atoms with E-state index in [0.29, 0.717) is 11.5 Å². The van der Waals surface area contributed by atoms with Gasteiger partial charge in [-0.05, 0) is 19.1 Å². The molecule has 19 heavy (non-hydrogen) atoms. The molecule has 0 spiro atoms. The van der Waals surface area contributed by atoms with E-state index < -0.39 is 0 Å². The Morgan fingerprint density at radius 1 is 1.21 bits per heavy atom. The summed E-state index contributed by atoms with van der Waals surface area (Å²) in [5, 5.41) is 7.72. The van der Waals surface area contributed by atoms with Gasteiger partial charge in [0.2, 0.25) is 0 Å². The molecule has 0 radical (unpaired) electrons. The van der Waals surface area contributed by atoms with Crippen LogP contribution in [0.1, 0.15) is 5.69 Å². The number of aromatic amines is 1. The van der Waals surface area contributed by atoms with E-state index >= 15 is 0 Å². The van der Waals surface area contributed by atoms with Gasteiger partial charge in [0.05, 0.1) is 12.5 Å². The van der Waals surface area contributed by atoms with Crippen molar-refractivity contribution in [2.45, 2.75) is 6.92 Å². The summed E-state index contributed by atoms with van der Waals surface area (Å²) in [4.78, 5) is 4.37. The molecule has 2 aromatic heterocycles. The zero-order valence-corrected chi connectivity index (χ0v) is 10.8. The number of hydrogen-bond donors (Lipinski definition) is 2. The minimum atomic E-state index is 0.517. The lowest BCUT2D eigenvalue weighted by Gasteiger charge is -2.10. The number of rotatable bonds is 2. The monoisotopic (exact) mass is 254 g/mol. The van der Waals surface area contributed by atoms with Crippen molar-refractivity contribution in [1.82, 2.24) is 15.2 Å². The second kappa shape index (κ2) is 4.28. The van der Waals surface area contributed by atoms with E-state index in [1.165, 1.54) is 0 Å². The second-order valence-electron chi connectivity index (χ2n) is 4.35. The first-order chi connectivity index (χ1) is 9.20. The number of nitrogen functional groups attached to an aromatic ring is 1. The minimum Gasteiger partial charge on any atom is -0.496 e. The van der Waals surface area contributed by atoms with E-state index in [2.05, 4.69) is 15.2 Å². The van der Waals surface area contributed by atoms with Gasteiger partial charge in [0, 0.05) is 16.8 Å². The number of nitrogens with zero attached hydrogens (tertiary/aromatic N) is 2. The standard InChI is InChI=1S/C14H14N4O/c1-8-7-10(9-5-3-4-6-11(9)19-2)12-13(15)17-18-14(12)16-8/h3-7H,1-2H3,(H3,15,16,17,18). The van der Waals surface area contributed by atoms with Crippen LogP contribution in [0.3, 0.4) is 0 Å². The molecule has 0 atom stereocenters. The highest BCUT2D eigenvalue weighted by Gasteiger charge is 2.14. The summed E-state index contributed by atoms with van der Waals surface area (Å²) in [6, 6.07) is 9.82.